The standard InChI is InChI=1S/C21H15FN4O3S/c22-14-6-4-7-15(12-14)23-18(27)13-29-21(28)19-24-20(17-10-5-11-30-17)26(25-19)16-8-2-1-3-9-16/h1-12H,13H2,(H,23,27). The number of carbonyl (C=O) groups is 2. The molecule has 30 heavy (non-hydrogen) atoms. The van der Waals surface area contributed by atoms with Crippen molar-refractivity contribution in [3.05, 3.63) is 83.8 Å². The van der Waals surface area contributed by atoms with E-state index in [0.717, 1.165) is 16.6 Å². The molecule has 1 N–H and O–H groups in total. The Morgan fingerprint density at radius 2 is 1.90 bits per heavy atom. The van der Waals surface area contributed by atoms with Gasteiger partial charge in [-0.05, 0) is 41.8 Å². The molecule has 0 atom stereocenters. The summed E-state index contributed by atoms with van der Waals surface area (Å²) in [6.45, 7) is -0.552. The second-order valence-corrected chi connectivity index (χ2v) is 7.07. The molecule has 0 saturated carbocycles. The summed E-state index contributed by atoms with van der Waals surface area (Å²) in [6.07, 6.45) is 0. The zero-order chi connectivity index (χ0) is 20.9. The number of nitrogens with zero attached hydrogens (tertiary/aromatic N) is 3. The van der Waals surface area contributed by atoms with E-state index in [1.807, 2.05) is 47.8 Å². The minimum atomic E-state index is -0.836. The minimum Gasteiger partial charge on any atom is -0.450 e. The molecule has 9 heteroatoms. The van der Waals surface area contributed by atoms with E-state index in [4.69, 9.17) is 4.74 Å². The highest BCUT2D eigenvalue weighted by Crippen LogP contribution is 2.25. The molecule has 0 fully saturated rings. The highest BCUT2D eigenvalue weighted by atomic mass is 32.1. The Bertz CT molecular complexity index is 1180. The molecule has 4 rings (SSSR count). The van der Waals surface area contributed by atoms with Crippen LogP contribution >= 0.6 is 11.3 Å². The number of anilines is 1. The van der Waals surface area contributed by atoms with E-state index in [1.165, 1.54) is 29.5 Å². The quantitative estimate of drug-likeness (QED) is 0.476. The predicted octanol–water partition coefficient (Wildman–Crippen LogP) is 3.93. The van der Waals surface area contributed by atoms with Gasteiger partial charge in [0.05, 0.1) is 10.6 Å². The van der Waals surface area contributed by atoms with Crippen molar-refractivity contribution in [3.63, 3.8) is 0 Å². The molecule has 0 radical (unpaired) electrons. The molecule has 0 unspecified atom stereocenters. The predicted molar refractivity (Wildman–Crippen MR) is 110 cm³/mol. The smallest absolute Gasteiger partial charge is 0.378 e. The zero-order valence-electron chi connectivity index (χ0n) is 15.5. The molecule has 0 aliphatic rings. The Morgan fingerprint density at radius 3 is 2.63 bits per heavy atom. The fraction of sp³-hybridized carbons (Fsp3) is 0.0476. The molecule has 7 nitrogen and oxygen atoms in total. The molecule has 0 saturated heterocycles. The van der Waals surface area contributed by atoms with Gasteiger partial charge >= 0.3 is 5.97 Å². The van der Waals surface area contributed by atoms with Gasteiger partial charge in [0, 0.05) is 5.69 Å². The SMILES string of the molecule is O=C(COC(=O)c1nc(-c2cccs2)n(-c2ccccc2)n1)Nc1cccc(F)c1. The van der Waals surface area contributed by atoms with Gasteiger partial charge < -0.3 is 10.1 Å². The number of aromatic nitrogens is 3. The van der Waals surface area contributed by atoms with Crippen molar-refractivity contribution >= 4 is 28.9 Å². The number of benzene rings is 2. The van der Waals surface area contributed by atoms with Crippen LogP contribution in [0.5, 0.6) is 0 Å². The van der Waals surface area contributed by atoms with Gasteiger partial charge in [0.2, 0.25) is 0 Å². The molecular weight excluding hydrogens is 407 g/mol. The Labute approximate surface area is 174 Å². The highest BCUT2D eigenvalue weighted by Gasteiger charge is 2.21. The maximum Gasteiger partial charge on any atom is 0.378 e. The van der Waals surface area contributed by atoms with Gasteiger partial charge in [-0.25, -0.2) is 13.9 Å². The second-order valence-electron chi connectivity index (χ2n) is 6.12. The molecule has 0 aliphatic carbocycles. The van der Waals surface area contributed by atoms with Crippen LogP contribution in [-0.4, -0.2) is 33.2 Å². The lowest BCUT2D eigenvalue weighted by molar-refractivity contribution is -0.119. The van der Waals surface area contributed by atoms with E-state index in [1.54, 1.807) is 4.68 Å². The van der Waals surface area contributed by atoms with E-state index in [0.29, 0.717) is 5.82 Å². The number of halogens is 1. The minimum absolute atomic E-state index is 0.166. The van der Waals surface area contributed by atoms with Crippen molar-refractivity contribution in [2.75, 3.05) is 11.9 Å². The van der Waals surface area contributed by atoms with Crippen LogP contribution in [0.2, 0.25) is 0 Å². The average molecular weight is 422 g/mol. The number of hydrogen-bond donors (Lipinski definition) is 1. The Kier molecular flexibility index (Phi) is 5.62. The first kappa shape index (κ1) is 19.5. The second kappa shape index (κ2) is 8.66. The zero-order valence-corrected chi connectivity index (χ0v) is 16.3. The number of rotatable bonds is 6. The monoisotopic (exact) mass is 422 g/mol. The van der Waals surface area contributed by atoms with Gasteiger partial charge in [-0.1, -0.05) is 30.3 Å². The topological polar surface area (TPSA) is 86.1 Å². The van der Waals surface area contributed by atoms with Crippen LogP contribution < -0.4 is 5.32 Å². The van der Waals surface area contributed by atoms with Crippen molar-refractivity contribution in [2.45, 2.75) is 0 Å². The number of carbonyl (C=O) groups excluding carboxylic acids is 2. The number of para-hydroxylation sites is 1. The molecule has 1 amide bonds. The lowest BCUT2D eigenvalue weighted by Gasteiger charge is -2.05. The first-order chi connectivity index (χ1) is 14.6. The summed E-state index contributed by atoms with van der Waals surface area (Å²) in [6, 6.07) is 18.4. The summed E-state index contributed by atoms with van der Waals surface area (Å²) in [5.41, 5.74) is 0.999. The Hall–Kier alpha value is -3.85. The summed E-state index contributed by atoms with van der Waals surface area (Å²) in [7, 11) is 0. The summed E-state index contributed by atoms with van der Waals surface area (Å²) in [5, 5.41) is 8.62. The van der Waals surface area contributed by atoms with Crippen LogP contribution in [0.1, 0.15) is 10.6 Å². The van der Waals surface area contributed by atoms with E-state index in [-0.39, 0.29) is 11.5 Å². The van der Waals surface area contributed by atoms with Crippen LogP contribution in [0.4, 0.5) is 10.1 Å². The third kappa shape index (κ3) is 4.41. The van der Waals surface area contributed by atoms with Crippen molar-refractivity contribution in [3.8, 4) is 16.4 Å². The van der Waals surface area contributed by atoms with Crippen molar-refractivity contribution < 1.29 is 18.7 Å². The maximum atomic E-state index is 13.2. The van der Waals surface area contributed by atoms with Gasteiger partial charge in [0.15, 0.2) is 12.4 Å². The van der Waals surface area contributed by atoms with E-state index in [2.05, 4.69) is 15.4 Å². The van der Waals surface area contributed by atoms with Crippen LogP contribution in [0, 0.1) is 5.82 Å². The van der Waals surface area contributed by atoms with E-state index < -0.39 is 24.3 Å². The third-order valence-electron chi connectivity index (χ3n) is 3.97. The van der Waals surface area contributed by atoms with E-state index >= 15 is 0 Å². The van der Waals surface area contributed by atoms with Gasteiger partial charge in [-0.3, -0.25) is 4.79 Å². The van der Waals surface area contributed by atoms with Crippen LogP contribution in [-0.2, 0) is 9.53 Å². The van der Waals surface area contributed by atoms with Gasteiger partial charge in [0.25, 0.3) is 11.7 Å². The first-order valence-electron chi connectivity index (χ1n) is 8.89. The maximum absolute atomic E-state index is 13.2. The molecule has 2 aromatic carbocycles. The molecule has 2 aromatic heterocycles. The van der Waals surface area contributed by atoms with Crippen LogP contribution in [0.15, 0.2) is 72.1 Å². The first-order valence-corrected chi connectivity index (χ1v) is 9.77. The summed E-state index contributed by atoms with van der Waals surface area (Å²) < 4.78 is 19.8. The molecule has 2 heterocycles. The lowest BCUT2D eigenvalue weighted by atomic mass is 10.3. The molecular formula is C21H15FN4O3S. The average Bonchev–Trinajstić information content (AvgIpc) is 3.42. The van der Waals surface area contributed by atoms with E-state index in [9.17, 15) is 14.0 Å². The van der Waals surface area contributed by atoms with Crippen molar-refractivity contribution in [1.29, 1.82) is 0 Å². The lowest BCUT2D eigenvalue weighted by Crippen LogP contribution is -2.21. The Balaban J connectivity index is 1.49. The van der Waals surface area contributed by atoms with Crippen LogP contribution in [0.25, 0.3) is 16.4 Å². The molecule has 0 spiro atoms. The van der Waals surface area contributed by atoms with Crippen molar-refractivity contribution in [1.82, 2.24) is 14.8 Å². The van der Waals surface area contributed by atoms with Crippen molar-refractivity contribution in [2.24, 2.45) is 0 Å². The highest BCUT2D eigenvalue weighted by molar-refractivity contribution is 7.13. The summed E-state index contributed by atoms with van der Waals surface area (Å²) >= 11 is 1.46. The van der Waals surface area contributed by atoms with Crippen LogP contribution in [0.3, 0.4) is 0 Å². The van der Waals surface area contributed by atoms with Gasteiger partial charge in [-0.15, -0.1) is 16.4 Å². The summed E-state index contributed by atoms with van der Waals surface area (Å²) in [5.74, 6) is -1.60. The third-order valence-corrected chi connectivity index (χ3v) is 4.84. The summed E-state index contributed by atoms with van der Waals surface area (Å²) in [4.78, 5) is 29.5. The molecule has 4 aromatic rings. The number of nitrogens with one attached hydrogen (secondary N) is 1. The number of ether oxygens (including phenoxy) is 1. The van der Waals surface area contributed by atoms with Gasteiger partial charge in [-0.2, -0.15) is 4.98 Å². The fourth-order valence-corrected chi connectivity index (χ4v) is 3.37. The Morgan fingerprint density at radius 1 is 1.07 bits per heavy atom. The number of amides is 1. The largest absolute Gasteiger partial charge is 0.450 e. The number of thiophene rings is 1. The molecule has 0 bridgehead atoms. The normalized spacial score (nSPS) is 10.6. The number of hydrogen-bond acceptors (Lipinski definition) is 6. The molecule has 0 aliphatic heterocycles. The number of esters is 1. The fourth-order valence-electron chi connectivity index (χ4n) is 2.67. The molecule has 150 valence electrons. The van der Waals surface area contributed by atoms with Gasteiger partial charge in [0.1, 0.15) is 5.82 Å².